The SMILES string of the molecule is Cc1ncc(CN2CCCC(C(=O)Nc3ccc(-c4cscn4)cc3)C2)s1. The van der Waals surface area contributed by atoms with E-state index in [0.29, 0.717) is 0 Å². The number of anilines is 1. The van der Waals surface area contributed by atoms with Gasteiger partial charge in [0.15, 0.2) is 0 Å². The zero-order chi connectivity index (χ0) is 18.6. The number of aromatic nitrogens is 2. The van der Waals surface area contributed by atoms with Crippen molar-refractivity contribution in [3.63, 3.8) is 0 Å². The molecule has 2 aromatic heterocycles. The van der Waals surface area contributed by atoms with Gasteiger partial charge in [-0.1, -0.05) is 12.1 Å². The summed E-state index contributed by atoms with van der Waals surface area (Å²) in [7, 11) is 0. The van der Waals surface area contributed by atoms with Crippen molar-refractivity contribution in [2.45, 2.75) is 26.3 Å². The summed E-state index contributed by atoms with van der Waals surface area (Å²) in [5, 5.41) is 6.20. The molecule has 0 bridgehead atoms. The fourth-order valence-corrected chi connectivity index (χ4v) is 4.83. The highest BCUT2D eigenvalue weighted by molar-refractivity contribution is 7.11. The normalized spacial score (nSPS) is 17.7. The number of nitrogens with zero attached hydrogens (tertiary/aromatic N) is 3. The molecule has 0 spiro atoms. The first kappa shape index (κ1) is 18.3. The third-order valence-electron chi connectivity index (χ3n) is 4.81. The number of rotatable bonds is 5. The van der Waals surface area contributed by atoms with Crippen LogP contribution in [0.15, 0.2) is 41.4 Å². The van der Waals surface area contributed by atoms with Crippen LogP contribution in [0.5, 0.6) is 0 Å². The van der Waals surface area contributed by atoms with Crippen molar-refractivity contribution in [2.24, 2.45) is 5.92 Å². The average Bonchev–Trinajstić information content (AvgIpc) is 3.35. The van der Waals surface area contributed by atoms with E-state index in [1.807, 2.05) is 48.3 Å². The number of amides is 1. The van der Waals surface area contributed by atoms with Gasteiger partial charge < -0.3 is 5.32 Å². The molecule has 1 atom stereocenters. The summed E-state index contributed by atoms with van der Waals surface area (Å²) in [4.78, 5) is 25.0. The van der Waals surface area contributed by atoms with Crippen molar-refractivity contribution >= 4 is 34.3 Å². The first-order valence-corrected chi connectivity index (χ1v) is 10.9. The van der Waals surface area contributed by atoms with Gasteiger partial charge in [-0.2, -0.15) is 0 Å². The van der Waals surface area contributed by atoms with E-state index in [0.717, 1.165) is 54.4 Å². The summed E-state index contributed by atoms with van der Waals surface area (Å²) >= 11 is 3.32. The van der Waals surface area contributed by atoms with Crippen molar-refractivity contribution < 1.29 is 4.79 Å². The Morgan fingerprint density at radius 3 is 2.85 bits per heavy atom. The van der Waals surface area contributed by atoms with E-state index in [2.05, 4.69) is 20.2 Å². The molecule has 140 valence electrons. The number of nitrogens with one attached hydrogen (secondary N) is 1. The van der Waals surface area contributed by atoms with Crippen molar-refractivity contribution in [1.82, 2.24) is 14.9 Å². The summed E-state index contributed by atoms with van der Waals surface area (Å²) < 4.78 is 0. The monoisotopic (exact) mass is 398 g/mol. The van der Waals surface area contributed by atoms with E-state index in [9.17, 15) is 4.79 Å². The number of hydrogen-bond acceptors (Lipinski definition) is 6. The summed E-state index contributed by atoms with van der Waals surface area (Å²) in [6.07, 6.45) is 3.95. The largest absolute Gasteiger partial charge is 0.326 e. The maximum absolute atomic E-state index is 12.7. The van der Waals surface area contributed by atoms with E-state index < -0.39 is 0 Å². The maximum Gasteiger partial charge on any atom is 0.228 e. The Morgan fingerprint density at radius 2 is 2.15 bits per heavy atom. The van der Waals surface area contributed by atoms with Crippen LogP contribution in [-0.4, -0.2) is 33.9 Å². The van der Waals surface area contributed by atoms with E-state index >= 15 is 0 Å². The molecule has 4 rings (SSSR count). The van der Waals surface area contributed by atoms with Crippen molar-refractivity contribution in [1.29, 1.82) is 0 Å². The molecule has 1 aromatic carbocycles. The quantitative estimate of drug-likeness (QED) is 0.691. The van der Waals surface area contributed by atoms with E-state index in [4.69, 9.17) is 0 Å². The van der Waals surface area contributed by atoms with Crippen LogP contribution >= 0.6 is 22.7 Å². The highest BCUT2D eigenvalue weighted by Crippen LogP contribution is 2.24. The Balaban J connectivity index is 1.34. The zero-order valence-electron chi connectivity index (χ0n) is 15.2. The molecule has 1 N–H and O–H groups in total. The molecule has 1 amide bonds. The van der Waals surface area contributed by atoms with Crippen molar-refractivity contribution in [3.05, 3.63) is 51.2 Å². The van der Waals surface area contributed by atoms with Crippen LogP contribution in [0.4, 0.5) is 5.69 Å². The van der Waals surface area contributed by atoms with Crippen LogP contribution in [0, 0.1) is 12.8 Å². The van der Waals surface area contributed by atoms with Crippen LogP contribution < -0.4 is 5.32 Å². The van der Waals surface area contributed by atoms with E-state index in [-0.39, 0.29) is 11.8 Å². The topological polar surface area (TPSA) is 58.1 Å². The van der Waals surface area contributed by atoms with E-state index in [1.54, 1.807) is 22.7 Å². The third-order valence-corrected chi connectivity index (χ3v) is 6.29. The molecule has 0 saturated carbocycles. The number of hydrogen-bond donors (Lipinski definition) is 1. The Labute approximate surface area is 167 Å². The molecule has 7 heteroatoms. The van der Waals surface area contributed by atoms with Crippen LogP contribution in [0.2, 0.25) is 0 Å². The van der Waals surface area contributed by atoms with Gasteiger partial charge in [0.1, 0.15) is 0 Å². The minimum atomic E-state index is 0.0333. The zero-order valence-corrected chi connectivity index (χ0v) is 16.9. The summed E-state index contributed by atoms with van der Waals surface area (Å²) in [5.41, 5.74) is 4.71. The molecule has 0 radical (unpaired) electrons. The number of piperidine rings is 1. The van der Waals surface area contributed by atoms with Gasteiger partial charge in [-0.05, 0) is 38.4 Å². The predicted octanol–water partition coefficient (Wildman–Crippen LogP) is 4.43. The number of likely N-dealkylation sites (tertiary alicyclic amines) is 1. The lowest BCUT2D eigenvalue weighted by Crippen LogP contribution is -2.40. The summed E-state index contributed by atoms with van der Waals surface area (Å²) in [6, 6.07) is 7.91. The molecule has 1 saturated heterocycles. The maximum atomic E-state index is 12.7. The average molecular weight is 399 g/mol. The Bertz CT molecular complexity index is 889. The molecule has 3 aromatic rings. The van der Waals surface area contributed by atoms with Gasteiger partial charge in [0, 0.05) is 40.8 Å². The molecule has 3 heterocycles. The second-order valence-corrected chi connectivity index (χ2v) is 8.90. The predicted molar refractivity (Wildman–Crippen MR) is 111 cm³/mol. The first-order chi connectivity index (χ1) is 13.2. The van der Waals surface area contributed by atoms with E-state index in [1.165, 1.54) is 4.88 Å². The lowest BCUT2D eigenvalue weighted by molar-refractivity contribution is -0.121. The number of benzene rings is 1. The fraction of sp³-hybridized carbons (Fsp3) is 0.350. The lowest BCUT2D eigenvalue weighted by atomic mass is 9.97. The lowest BCUT2D eigenvalue weighted by Gasteiger charge is -2.31. The van der Waals surface area contributed by atoms with Crippen LogP contribution in [0.1, 0.15) is 22.7 Å². The smallest absolute Gasteiger partial charge is 0.228 e. The van der Waals surface area contributed by atoms with Crippen molar-refractivity contribution in [3.8, 4) is 11.3 Å². The molecule has 27 heavy (non-hydrogen) atoms. The molecular formula is C20H22N4OS2. The van der Waals surface area contributed by atoms with Gasteiger partial charge >= 0.3 is 0 Å². The van der Waals surface area contributed by atoms with Gasteiger partial charge in [0.25, 0.3) is 0 Å². The molecule has 1 aliphatic heterocycles. The Hall–Kier alpha value is -2.09. The van der Waals surface area contributed by atoms with Crippen molar-refractivity contribution in [2.75, 3.05) is 18.4 Å². The molecular weight excluding hydrogens is 376 g/mol. The highest BCUT2D eigenvalue weighted by Gasteiger charge is 2.26. The number of carbonyl (C=O) groups excluding carboxylic acids is 1. The van der Waals surface area contributed by atoms with Gasteiger partial charge in [-0.25, -0.2) is 9.97 Å². The Morgan fingerprint density at radius 1 is 1.30 bits per heavy atom. The molecule has 5 nitrogen and oxygen atoms in total. The molecule has 1 aliphatic rings. The second-order valence-electron chi connectivity index (χ2n) is 6.86. The molecule has 0 aliphatic carbocycles. The third kappa shape index (κ3) is 4.61. The van der Waals surface area contributed by atoms with Gasteiger partial charge in [0.05, 0.1) is 22.1 Å². The van der Waals surface area contributed by atoms with Crippen LogP contribution in [0.25, 0.3) is 11.3 Å². The fourth-order valence-electron chi connectivity index (χ4n) is 3.44. The second kappa shape index (κ2) is 8.29. The minimum absolute atomic E-state index is 0.0333. The number of thiazole rings is 2. The molecule has 1 fully saturated rings. The summed E-state index contributed by atoms with van der Waals surface area (Å²) in [5.74, 6) is 0.146. The number of carbonyl (C=O) groups is 1. The van der Waals surface area contributed by atoms with Gasteiger partial charge in [-0.3, -0.25) is 9.69 Å². The molecule has 1 unspecified atom stereocenters. The minimum Gasteiger partial charge on any atom is -0.326 e. The Kier molecular flexibility index (Phi) is 5.61. The number of aryl methyl sites for hydroxylation is 1. The van der Waals surface area contributed by atoms with Gasteiger partial charge in [-0.15, -0.1) is 22.7 Å². The van der Waals surface area contributed by atoms with Crippen LogP contribution in [-0.2, 0) is 11.3 Å². The first-order valence-electron chi connectivity index (χ1n) is 9.10. The van der Waals surface area contributed by atoms with Crippen LogP contribution in [0.3, 0.4) is 0 Å². The summed E-state index contributed by atoms with van der Waals surface area (Å²) in [6.45, 7) is 4.76. The van der Waals surface area contributed by atoms with Gasteiger partial charge in [0.2, 0.25) is 5.91 Å². The standard InChI is InChI=1S/C20H22N4OS2/c1-14-21-9-18(27-14)11-24-8-2-3-16(10-24)20(25)23-17-6-4-15(5-7-17)19-12-26-13-22-19/h4-7,9,12-13,16H,2-3,8,10-11H2,1H3,(H,23,25). The highest BCUT2D eigenvalue weighted by atomic mass is 32.1.